The lowest BCUT2D eigenvalue weighted by Gasteiger charge is -2.40. The minimum atomic E-state index is -4.85. The predicted molar refractivity (Wildman–Crippen MR) is 218 cm³/mol. The molecule has 6 atom stereocenters. The van der Waals surface area contributed by atoms with Crippen LogP contribution in [0.1, 0.15) is 181 Å². The number of esters is 2. The second kappa shape index (κ2) is 34.0. The summed E-state index contributed by atoms with van der Waals surface area (Å²) in [6.07, 6.45) is 26.2. The van der Waals surface area contributed by atoms with Crippen molar-refractivity contribution < 1.29 is 56.8 Å². The molecular formula is C43H77O12S-. The van der Waals surface area contributed by atoms with E-state index >= 15 is 0 Å². The summed E-state index contributed by atoms with van der Waals surface area (Å²) in [4.78, 5) is 25.3. The van der Waals surface area contributed by atoms with E-state index in [0.29, 0.717) is 12.8 Å². The van der Waals surface area contributed by atoms with Gasteiger partial charge in [0, 0.05) is 12.8 Å². The fraction of sp³-hybridized carbons (Fsp3) is 0.860. The third kappa shape index (κ3) is 28.5. The molecule has 0 aromatic carbocycles. The van der Waals surface area contributed by atoms with Crippen LogP contribution in [0.5, 0.6) is 0 Å². The van der Waals surface area contributed by atoms with E-state index in [1.54, 1.807) is 0 Å². The topological polar surface area (TPSA) is 189 Å². The highest BCUT2D eigenvalue weighted by Crippen LogP contribution is 2.24. The zero-order valence-corrected chi connectivity index (χ0v) is 35.5. The van der Waals surface area contributed by atoms with E-state index in [0.717, 1.165) is 64.2 Å². The Labute approximate surface area is 338 Å². The van der Waals surface area contributed by atoms with Crippen molar-refractivity contribution in [2.45, 2.75) is 218 Å². The SMILES string of the molecule is CCCCC/C=C\C/C=C\CCCCCCCC(=O)OC[C@H](CO[C@H]1O[C@H](CS(=O)(=O)[O-])[C@@H](O)[C@H](O)[C@H]1O)OC(=O)CCCCCCCCCCCCCCC. The van der Waals surface area contributed by atoms with Gasteiger partial charge < -0.3 is 38.8 Å². The summed E-state index contributed by atoms with van der Waals surface area (Å²) in [7, 11) is -4.85. The maximum absolute atomic E-state index is 12.8. The summed E-state index contributed by atoms with van der Waals surface area (Å²) in [6.45, 7) is 3.69. The van der Waals surface area contributed by atoms with E-state index in [-0.39, 0.29) is 19.4 Å². The molecule has 0 saturated carbocycles. The molecule has 56 heavy (non-hydrogen) atoms. The standard InChI is InChI=1S/C43H78O12S/c1-3-5-7-9-11-13-15-17-18-20-21-23-25-27-29-31-38(44)52-33-36(34-53-43-42(48)41(47)40(46)37(55-43)35-56(49,50)51)54-39(45)32-30-28-26-24-22-19-16-14-12-10-8-6-4-2/h11,13,17-18,36-37,40-43,46-48H,3-10,12,14-16,19-35H2,1-2H3,(H,49,50,51)/p-1/b13-11-,18-17-/t36-,37-,40-,41+,42-,43+/m1/s1. The minimum Gasteiger partial charge on any atom is -0.748 e. The van der Waals surface area contributed by atoms with Crippen molar-refractivity contribution in [3.63, 3.8) is 0 Å². The summed E-state index contributed by atoms with van der Waals surface area (Å²) >= 11 is 0. The molecule has 12 nitrogen and oxygen atoms in total. The second-order valence-corrected chi connectivity index (χ2v) is 16.8. The zero-order chi connectivity index (χ0) is 41.3. The van der Waals surface area contributed by atoms with Crippen molar-refractivity contribution in [2.24, 2.45) is 0 Å². The Balaban J connectivity index is 2.47. The quantitative estimate of drug-likeness (QED) is 0.0239. The molecule has 0 aliphatic carbocycles. The van der Waals surface area contributed by atoms with Gasteiger partial charge in [-0.25, -0.2) is 8.42 Å². The Morgan fingerprint density at radius 3 is 1.62 bits per heavy atom. The Hall–Kier alpha value is -1.87. The highest BCUT2D eigenvalue weighted by Gasteiger charge is 2.45. The van der Waals surface area contributed by atoms with E-state index in [2.05, 4.69) is 38.2 Å². The van der Waals surface area contributed by atoms with E-state index in [1.165, 1.54) is 77.0 Å². The molecule has 1 saturated heterocycles. The molecule has 1 heterocycles. The van der Waals surface area contributed by atoms with Gasteiger partial charge in [-0.3, -0.25) is 9.59 Å². The number of aliphatic hydroxyl groups is 3. The van der Waals surface area contributed by atoms with Crippen molar-refractivity contribution in [1.82, 2.24) is 0 Å². The molecule has 1 aliphatic rings. The van der Waals surface area contributed by atoms with Crippen LogP contribution >= 0.6 is 0 Å². The van der Waals surface area contributed by atoms with Crippen LogP contribution in [0, 0.1) is 0 Å². The number of allylic oxidation sites excluding steroid dienone is 4. The van der Waals surface area contributed by atoms with Crippen LogP contribution in [-0.2, 0) is 38.7 Å². The molecule has 0 unspecified atom stereocenters. The zero-order valence-electron chi connectivity index (χ0n) is 34.7. The lowest BCUT2D eigenvalue weighted by atomic mass is 10.00. The Morgan fingerprint density at radius 1 is 0.625 bits per heavy atom. The van der Waals surface area contributed by atoms with E-state index in [4.69, 9.17) is 18.9 Å². The van der Waals surface area contributed by atoms with Crippen LogP contribution in [0.15, 0.2) is 24.3 Å². The Morgan fingerprint density at radius 2 is 1.09 bits per heavy atom. The van der Waals surface area contributed by atoms with Crippen molar-refractivity contribution in [1.29, 1.82) is 0 Å². The average Bonchev–Trinajstić information content (AvgIpc) is 3.16. The summed E-state index contributed by atoms with van der Waals surface area (Å²) in [5.41, 5.74) is 0. The maximum atomic E-state index is 12.8. The maximum Gasteiger partial charge on any atom is 0.306 e. The van der Waals surface area contributed by atoms with Gasteiger partial charge in [-0.05, 0) is 44.9 Å². The Kier molecular flexibility index (Phi) is 31.7. The number of carbonyl (C=O) groups is 2. The van der Waals surface area contributed by atoms with Gasteiger partial charge in [0.15, 0.2) is 12.4 Å². The van der Waals surface area contributed by atoms with Crippen LogP contribution in [0.2, 0.25) is 0 Å². The van der Waals surface area contributed by atoms with Gasteiger partial charge >= 0.3 is 11.9 Å². The fourth-order valence-corrected chi connectivity index (χ4v) is 7.26. The number of carbonyl (C=O) groups excluding carboxylic acids is 2. The number of ether oxygens (including phenoxy) is 4. The molecule has 0 aromatic rings. The van der Waals surface area contributed by atoms with Gasteiger partial charge in [0.25, 0.3) is 0 Å². The smallest absolute Gasteiger partial charge is 0.306 e. The second-order valence-electron chi connectivity index (χ2n) is 15.3. The molecule has 0 amide bonds. The highest BCUT2D eigenvalue weighted by atomic mass is 32.2. The molecule has 328 valence electrons. The van der Waals surface area contributed by atoms with Crippen molar-refractivity contribution in [3.8, 4) is 0 Å². The third-order valence-corrected chi connectivity index (χ3v) is 10.8. The lowest BCUT2D eigenvalue weighted by Crippen LogP contribution is -2.60. The first kappa shape index (κ1) is 52.1. The van der Waals surface area contributed by atoms with Crippen molar-refractivity contribution in [2.75, 3.05) is 19.0 Å². The first-order chi connectivity index (χ1) is 27.0. The molecule has 0 spiro atoms. The minimum absolute atomic E-state index is 0.158. The van der Waals surface area contributed by atoms with Crippen molar-refractivity contribution >= 4 is 22.1 Å². The molecule has 1 fully saturated rings. The van der Waals surface area contributed by atoms with E-state index in [9.17, 15) is 37.9 Å². The fourth-order valence-electron chi connectivity index (χ4n) is 6.58. The lowest BCUT2D eigenvalue weighted by molar-refractivity contribution is -0.297. The predicted octanol–water partition coefficient (Wildman–Crippen LogP) is 8.11. The molecule has 1 rings (SSSR count). The summed E-state index contributed by atoms with van der Waals surface area (Å²) in [6, 6.07) is 0. The van der Waals surface area contributed by atoms with Crippen LogP contribution in [0.25, 0.3) is 0 Å². The number of hydrogen-bond donors (Lipinski definition) is 3. The third-order valence-electron chi connectivity index (χ3n) is 10.0. The molecule has 0 aromatic heterocycles. The monoisotopic (exact) mass is 818 g/mol. The van der Waals surface area contributed by atoms with Gasteiger partial charge in [-0.2, -0.15) is 0 Å². The molecular weight excluding hydrogens is 741 g/mol. The number of hydrogen-bond acceptors (Lipinski definition) is 12. The summed E-state index contributed by atoms with van der Waals surface area (Å²) in [5.74, 6) is -2.12. The normalized spacial score (nSPS) is 20.9. The summed E-state index contributed by atoms with van der Waals surface area (Å²) < 4.78 is 55.7. The molecule has 1 aliphatic heterocycles. The van der Waals surface area contributed by atoms with E-state index in [1.807, 2.05) is 0 Å². The van der Waals surface area contributed by atoms with Crippen LogP contribution in [0.3, 0.4) is 0 Å². The molecule has 0 bridgehead atoms. The van der Waals surface area contributed by atoms with Gasteiger partial charge in [-0.15, -0.1) is 0 Å². The number of aliphatic hydroxyl groups excluding tert-OH is 3. The van der Waals surface area contributed by atoms with Crippen LogP contribution in [0.4, 0.5) is 0 Å². The average molecular weight is 818 g/mol. The van der Waals surface area contributed by atoms with Gasteiger partial charge in [-0.1, -0.05) is 147 Å². The molecule has 3 N–H and O–H groups in total. The molecule has 13 heteroatoms. The van der Waals surface area contributed by atoms with Gasteiger partial charge in [0.2, 0.25) is 0 Å². The van der Waals surface area contributed by atoms with Crippen molar-refractivity contribution in [3.05, 3.63) is 24.3 Å². The van der Waals surface area contributed by atoms with Crippen LogP contribution < -0.4 is 0 Å². The number of rotatable bonds is 36. The van der Waals surface area contributed by atoms with Gasteiger partial charge in [0.05, 0.1) is 22.5 Å². The molecule has 0 radical (unpaired) electrons. The highest BCUT2D eigenvalue weighted by molar-refractivity contribution is 7.85. The summed E-state index contributed by atoms with van der Waals surface area (Å²) in [5, 5.41) is 30.8. The van der Waals surface area contributed by atoms with Gasteiger partial charge in [0.1, 0.15) is 31.0 Å². The number of unbranched alkanes of at least 4 members (excludes halogenated alkanes) is 20. The largest absolute Gasteiger partial charge is 0.748 e. The van der Waals surface area contributed by atoms with Crippen LogP contribution in [-0.4, -0.2) is 96.0 Å². The Bertz CT molecular complexity index is 1140. The first-order valence-electron chi connectivity index (χ1n) is 21.9. The first-order valence-corrected chi connectivity index (χ1v) is 23.5. The van der Waals surface area contributed by atoms with E-state index < -0.39 is 71.2 Å².